The molecule has 0 saturated heterocycles. The van der Waals surface area contributed by atoms with Crippen LogP contribution in [0.5, 0.6) is 0 Å². The molecular weight excluding hydrogens is 949 g/mol. The fourth-order valence-corrected chi connectivity index (χ4v) is 11.4. The van der Waals surface area contributed by atoms with Crippen LogP contribution in [0.3, 0.4) is 0 Å². The summed E-state index contributed by atoms with van der Waals surface area (Å²) in [6, 6.07) is 0.802. The number of carboxylic acids is 2. The van der Waals surface area contributed by atoms with E-state index >= 15 is 0 Å². The average molecular weight is 1090 g/mol. The molecule has 0 aliphatic carbocycles. The number of nitrogens with zero attached hydrogens (tertiary/aromatic N) is 2. The maximum absolute atomic E-state index is 11.1. The predicted octanol–water partition coefficient (Wildman–Crippen LogP) is 19.6. The van der Waals surface area contributed by atoms with Crippen LogP contribution >= 0.6 is 0 Å². The number of hydrogen-bond acceptors (Lipinski definition) is 6. The Hall–Kier alpha value is 0.120. The van der Waals surface area contributed by atoms with Crippen molar-refractivity contribution in [2.75, 3.05) is 26.2 Å². The van der Waals surface area contributed by atoms with Crippen LogP contribution in [0, 0.1) is 0 Å². The van der Waals surface area contributed by atoms with Crippen LogP contribution in [-0.4, -0.2) is 97.7 Å². The molecular formula is C68H136CaN2O4. The molecule has 0 heterocycles. The van der Waals surface area contributed by atoms with Gasteiger partial charge in [0.05, 0.1) is 0 Å². The van der Waals surface area contributed by atoms with Crippen LogP contribution in [0.15, 0.2) is 0 Å². The van der Waals surface area contributed by atoms with Gasteiger partial charge in [-0.1, -0.05) is 324 Å². The summed E-state index contributed by atoms with van der Waals surface area (Å²) >= 11 is 0. The van der Waals surface area contributed by atoms with Gasteiger partial charge in [-0.2, -0.15) is 0 Å². The van der Waals surface area contributed by atoms with Gasteiger partial charge < -0.3 is 29.6 Å². The zero-order valence-electron chi connectivity index (χ0n) is 52.4. The van der Waals surface area contributed by atoms with Gasteiger partial charge in [-0.3, -0.25) is 0 Å². The maximum Gasteiger partial charge on any atom is 2.00 e. The normalized spacial score (nSPS) is 12.3. The molecule has 0 fully saturated rings. The quantitative estimate of drug-likeness (QED) is 0.0445. The van der Waals surface area contributed by atoms with E-state index in [-0.39, 0.29) is 50.6 Å². The van der Waals surface area contributed by atoms with E-state index in [1.54, 1.807) is 0 Å². The minimum Gasteiger partial charge on any atom is -0.550 e. The SMILES string of the molecule is CCCCCCCCCCCCCCN(CCCCCCCCCCCCCC)C(CC)CCC(=O)[O-].CCCCCCCCCCCCCCN(CCCCCCCCCCCCCC)C(CC)CCC(=O)[O-].[Ca+2]. The molecule has 0 rings (SSSR count). The molecule has 2 atom stereocenters. The van der Waals surface area contributed by atoms with E-state index in [9.17, 15) is 19.8 Å². The standard InChI is InChI=1S/2C34H69NO2.Ca/c2*1-4-7-9-11-13-15-17-19-21-23-25-27-31-35(33(6-3)29-30-34(36)37)32-28-26-24-22-20-18-16-14-12-10-8-5-2;/h2*33H,4-32H2,1-3H3,(H,36,37);/q;;+2/p-2. The number of carboxylic acid groups (broad SMARTS) is 2. The number of hydrogen-bond donors (Lipinski definition) is 0. The fourth-order valence-electron chi connectivity index (χ4n) is 11.4. The number of carbonyl (C=O) groups excluding carboxylic acids is 2. The van der Waals surface area contributed by atoms with Crippen molar-refractivity contribution in [1.29, 1.82) is 0 Å². The summed E-state index contributed by atoms with van der Waals surface area (Å²) in [5.74, 6) is -1.79. The van der Waals surface area contributed by atoms with Crippen LogP contribution in [0.1, 0.15) is 388 Å². The summed E-state index contributed by atoms with van der Waals surface area (Å²) in [5.41, 5.74) is 0. The molecule has 0 amide bonds. The van der Waals surface area contributed by atoms with Crippen molar-refractivity contribution in [3.63, 3.8) is 0 Å². The molecule has 0 radical (unpaired) electrons. The minimum atomic E-state index is -0.894. The fraction of sp³-hybridized carbons (Fsp3) is 0.971. The van der Waals surface area contributed by atoms with E-state index in [0.717, 1.165) is 51.9 Å². The molecule has 0 N–H and O–H groups in total. The van der Waals surface area contributed by atoms with Gasteiger partial charge >= 0.3 is 37.7 Å². The summed E-state index contributed by atoms with van der Waals surface area (Å²) in [7, 11) is 0. The monoisotopic (exact) mass is 1090 g/mol. The van der Waals surface area contributed by atoms with Gasteiger partial charge in [0.15, 0.2) is 0 Å². The van der Waals surface area contributed by atoms with Crippen molar-refractivity contribution >= 4 is 49.7 Å². The number of carbonyl (C=O) groups is 2. The van der Waals surface area contributed by atoms with Gasteiger partial charge in [0.2, 0.25) is 0 Å². The van der Waals surface area contributed by atoms with Gasteiger partial charge in [0, 0.05) is 24.0 Å². The molecule has 75 heavy (non-hydrogen) atoms. The summed E-state index contributed by atoms with van der Waals surface area (Å²) < 4.78 is 0. The largest absolute Gasteiger partial charge is 2.00 e. The van der Waals surface area contributed by atoms with Crippen LogP contribution in [0.2, 0.25) is 0 Å². The van der Waals surface area contributed by atoms with E-state index in [2.05, 4.69) is 51.3 Å². The Bertz CT molecular complexity index is 940. The molecule has 0 bridgehead atoms. The zero-order valence-corrected chi connectivity index (χ0v) is 54.6. The molecule has 6 nitrogen and oxygen atoms in total. The molecule has 0 spiro atoms. The van der Waals surface area contributed by atoms with E-state index in [1.807, 2.05) is 0 Å². The van der Waals surface area contributed by atoms with Gasteiger partial charge in [0.25, 0.3) is 0 Å². The van der Waals surface area contributed by atoms with Crippen LogP contribution < -0.4 is 10.2 Å². The molecule has 7 heteroatoms. The Morgan fingerprint density at radius 1 is 0.267 bits per heavy atom. The van der Waals surface area contributed by atoms with Crippen molar-refractivity contribution in [3.05, 3.63) is 0 Å². The molecule has 0 aromatic carbocycles. The third-order valence-corrected chi connectivity index (χ3v) is 16.5. The first-order chi connectivity index (χ1) is 36.3. The minimum absolute atomic E-state index is 0. The Morgan fingerprint density at radius 2 is 0.413 bits per heavy atom. The topological polar surface area (TPSA) is 86.7 Å². The van der Waals surface area contributed by atoms with Gasteiger partial charge in [-0.25, -0.2) is 0 Å². The summed E-state index contributed by atoms with van der Waals surface area (Å²) in [6.45, 7) is 18.1. The molecule has 0 aromatic heterocycles. The zero-order chi connectivity index (χ0) is 54.5. The van der Waals surface area contributed by atoms with Gasteiger partial charge in [-0.15, -0.1) is 0 Å². The summed E-state index contributed by atoms with van der Waals surface area (Å²) in [6.07, 6.45) is 70.4. The molecule has 2 unspecified atom stereocenters. The van der Waals surface area contributed by atoms with Crippen molar-refractivity contribution in [2.24, 2.45) is 0 Å². The third kappa shape index (κ3) is 63.2. The summed E-state index contributed by atoms with van der Waals surface area (Å²) in [4.78, 5) is 27.4. The number of aliphatic carboxylic acids is 2. The van der Waals surface area contributed by atoms with E-state index in [4.69, 9.17) is 0 Å². The number of unbranched alkanes of at least 4 members (excludes halogenated alkanes) is 44. The van der Waals surface area contributed by atoms with Crippen molar-refractivity contribution in [2.45, 2.75) is 400 Å². The first-order valence-electron chi connectivity index (χ1n) is 34.2. The summed E-state index contributed by atoms with van der Waals surface area (Å²) in [5, 5.41) is 22.1. The van der Waals surface area contributed by atoms with Crippen molar-refractivity contribution in [3.8, 4) is 0 Å². The van der Waals surface area contributed by atoms with Crippen LogP contribution in [0.4, 0.5) is 0 Å². The second-order valence-corrected chi connectivity index (χ2v) is 23.6. The van der Waals surface area contributed by atoms with E-state index in [1.165, 1.54) is 308 Å². The van der Waals surface area contributed by atoms with Gasteiger partial charge in [0.1, 0.15) is 0 Å². The second-order valence-electron chi connectivity index (χ2n) is 23.6. The Kier molecular flexibility index (Phi) is 72.4. The first kappa shape index (κ1) is 79.3. The molecule has 0 aliphatic rings. The molecule has 0 aliphatic heterocycles. The van der Waals surface area contributed by atoms with Crippen molar-refractivity contribution < 1.29 is 19.8 Å². The average Bonchev–Trinajstić information content (AvgIpc) is 3.39. The van der Waals surface area contributed by atoms with Crippen LogP contribution in [0.25, 0.3) is 0 Å². The Balaban J connectivity index is -0.00000136. The number of rotatable bonds is 62. The molecule has 0 saturated carbocycles. The second kappa shape index (κ2) is 68.4. The molecule has 0 aromatic rings. The maximum atomic E-state index is 11.1. The smallest absolute Gasteiger partial charge is 0.550 e. The van der Waals surface area contributed by atoms with E-state index in [0.29, 0.717) is 12.1 Å². The predicted molar refractivity (Wildman–Crippen MR) is 330 cm³/mol. The third-order valence-electron chi connectivity index (χ3n) is 16.5. The van der Waals surface area contributed by atoms with Crippen molar-refractivity contribution in [1.82, 2.24) is 9.80 Å². The van der Waals surface area contributed by atoms with Gasteiger partial charge in [-0.05, 0) is 90.4 Å². The molecule has 444 valence electrons. The Labute approximate surface area is 502 Å². The van der Waals surface area contributed by atoms with E-state index < -0.39 is 11.9 Å². The Morgan fingerprint density at radius 3 is 0.547 bits per heavy atom. The van der Waals surface area contributed by atoms with Crippen LogP contribution in [-0.2, 0) is 9.59 Å². The first-order valence-corrected chi connectivity index (χ1v) is 34.2.